The molecule has 0 saturated carbocycles. The highest BCUT2D eigenvalue weighted by Gasteiger charge is 2.18. The molecule has 0 bridgehead atoms. The molecule has 26 heavy (non-hydrogen) atoms. The molecule has 0 atom stereocenters. The monoisotopic (exact) mass is 338 g/mol. The number of hydrogen-bond acceptors (Lipinski definition) is 1. The molecule has 0 N–H and O–H groups in total. The van der Waals surface area contributed by atoms with Gasteiger partial charge in [0, 0.05) is 12.0 Å². The van der Waals surface area contributed by atoms with Crippen molar-refractivity contribution in [2.24, 2.45) is 0 Å². The number of benzene rings is 4. The minimum atomic E-state index is 0.232. The quantitative estimate of drug-likeness (QED) is 0.290. The summed E-state index contributed by atoms with van der Waals surface area (Å²) < 4.78 is 0. The minimum Gasteiger partial charge on any atom is -0.294 e. The molecule has 4 rings (SSSR count). The number of Topliss-reactive ketones (excluding diaryl/α,β-unsaturated/α-hetero) is 1. The van der Waals surface area contributed by atoms with Gasteiger partial charge in [-0.05, 0) is 46.0 Å². The Labute approximate surface area is 154 Å². The number of hydrogen-bond donors (Lipinski definition) is 0. The molecule has 0 radical (unpaired) electrons. The predicted molar refractivity (Wildman–Crippen MR) is 111 cm³/mol. The Morgan fingerprint density at radius 3 is 1.73 bits per heavy atom. The lowest BCUT2D eigenvalue weighted by atomic mass is 9.86. The fraction of sp³-hybridized carbons (Fsp3) is 0.160. The molecule has 0 spiro atoms. The summed E-state index contributed by atoms with van der Waals surface area (Å²) in [6.45, 7) is 4.16. The SMILES string of the molecule is CCCC(=O)c1c2ccccc2c(-c2ccc(C)cc2)c2ccccc12. The van der Waals surface area contributed by atoms with E-state index in [4.69, 9.17) is 0 Å². The number of carbonyl (C=O) groups is 1. The highest BCUT2D eigenvalue weighted by molar-refractivity contribution is 6.24. The van der Waals surface area contributed by atoms with Gasteiger partial charge in [-0.15, -0.1) is 0 Å². The van der Waals surface area contributed by atoms with Crippen molar-refractivity contribution in [1.29, 1.82) is 0 Å². The molecule has 128 valence electrons. The normalized spacial score (nSPS) is 11.2. The molecule has 0 aliphatic rings. The van der Waals surface area contributed by atoms with E-state index >= 15 is 0 Å². The highest BCUT2D eigenvalue weighted by Crippen LogP contribution is 2.39. The van der Waals surface area contributed by atoms with Crippen molar-refractivity contribution in [2.75, 3.05) is 0 Å². The van der Waals surface area contributed by atoms with Crippen LogP contribution in [0, 0.1) is 6.92 Å². The first-order chi connectivity index (χ1) is 12.7. The lowest BCUT2D eigenvalue weighted by molar-refractivity contribution is 0.0985. The first kappa shape index (κ1) is 16.5. The zero-order valence-corrected chi connectivity index (χ0v) is 15.3. The molecule has 0 aromatic heterocycles. The number of aryl methyl sites for hydroxylation is 1. The van der Waals surface area contributed by atoms with Crippen LogP contribution in [0.1, 0.15) is 35.7 Å². The summed E-state index contributed by atoms with van der Waals surface area (Å²) in [6, 6.07) is 25.3. The molecule has 0 amide bonds. The van der Waals surface area contributed by atoms with E-state index in [0.29, 0.717) is 6.42 Å². The van der Waals surface area contributed by atoms with Gasteiger partial charge in [-0.1, -0.05) is 85.3 Å². The molecule has 1 nitrogen and oxygen atoms in total. The summed E-state index contributed by atoms with van der Waals surface area (Å²) in [5, 5.41) is 4.41. The summed E-state index contributed by atoms with van der Waals surface area (Å²) in [7, 11) is 0. The molecule has 0 aliphatic heterocycles. The molecule has 4 aromatic rings. The van der Waals surface area contributed by atoms with Crippen LogP contribution >= 0.6 is 0 Å². The second-order valence-electron chi connectivity index (χ2n) is 6.88. The fourth-order valence-electron chi connectivity index (χ4n) is 3.81. The zero-order valence-electron chi connectivity index (χ0n) is 15.3. The van der Waals surface area contributed by atoms with Crippen molar-refractivity contribution in [3.8, 4) is 11.1 Å². The van der Waals surface area contributed by atoms with Crippen LogP contribution in [-0.4, -0.2) is 5.78 Å². The van der Waals surface area contributed by atoms with Crippen molar-refractivity contribution < 1.29 is 4.79 Å². The Balaban J connectivity index is 2.17. The fourth-order valence-corrected chi connectivity index (χ4v) is 3.81. The summed E-state index contributed by atoms with van der Waals surface area (Å²) in [6.07, 6.45) is 1.44. The molecule has 0 fully saturated rings. The average molecular weight is 338 g/mol. The summed E-state index contributed by atoms with van der Waals surface area (Å²) >= 11 is 0. The van der Waals surface area contributed by atoms with E-state index < -0.39 is 0 Å². The Morgan fingerprint density at radius 2 is 1.23 bits per heavy atom. The van der Waals surface area contributed by atoms with Crippen LogP contribution < -0.4 is 0 Å². The van der Waals surface area contributed by atoms with E-state index in [1.165, 1.54) is 16.7 Å². The third kappa shape index (κ3) is 2.70. The van der Waals surface area contributed by atoms with Crippen molar-refractivity contribution in [2.45, 2.75) is 26.7 Å². The molecule has 0 unspecified atom stereocenters. The van der Waals surface area contributed by atoms with Gasteiger partial charge < -0.3 is 0 Å². The maximum atomic E-state index is 13.0. The van der Waals surface area contributed by atoms with Gasteiger partial charge in [0.2, 0.25) is 0 Å². The molecule has 4 aromatic carbocycles. The molecule has 0 aliphatic carbocycles. The van der Waals surface area contributed by atoms with Crippen LogP contribution in [0.4, 0.5) is 0 Å². The maximum absolute atomic E-state index is 13.0. The van der Waals surface area contributed by atoms with E-state index in [9.17, 15) is 4.79 Å². The number of carbonyl (C=O) groups excluding carboxylic acids is 1. The largest absolute Gasteiger partial charge is 0.294 e. The van der Waals surface area contributed by atoms with Gasteiger partial charge in [0.15, 0.2) is 5.78 Å². The van der Waals surface area contributed by atoms with E-state index in [0.717, 1.165) is 33.5 Å². The molecule has 0 heterocycles. The smallest absolute Gasteiger partial charge is 0.164 e. The van der Waals surface area contributed by atoms with Gasteiger partial charge in [0.25, 0.3) is 0 Å². The van der Waals surface area contributed by atoms with Crippen LogP contribution in [0.25, 0.3) is 32.7 Å². The summed E-state index contributed by atoms with van der Waals surface area (Å²) in [5.41, 5.74) is 4.52. The van der Waals surface area contributed by atoms with Crippen LogP contribution in [0.2, 0.25) is 0 Å². The third-order valence-electron chi connectivity index (χ3n) is 5.03. The second-order valence-corrected chi connectivity index (χ2v) is 6.88. The van der Waals surface area contributed by atoms with Crippen molar-refractivity contribution in [3.63, 3.8) is 0 Å². The van der Waals surface area contributed by atoms with E-state index in [2.05, 4.69) is 74.5 Å². The standard InChI is InChI=1S/C25H22O/c1-3-8-23(26)25-21-11-6-4-9-19(21)24(18-15-13-17(2)14-16-18)20-10-5-7-12-22(20)25/h4-7,9-16H,3,8H2,1-2H3. The first-order valence-corrected chi connectivity index (χ1v) is 9.24. The van der Waals surface area contributed by atoms with Crippen LogP contribution in [0.5, 0.6) is 0 Å². The van der Waals surface area contributed by atoms with Crippen LogP contribution in [0.15, 0.2) is 72.8 Å². The Hall–Kier alpha value is -2.93. The highest BCUT2D eigenvalue weighted by atomic mass is 16.1. The minimum absolute atomic E-state index is 0.232. The third-order valence-corrected chi connectivity index (χ3v) is 5.03. The summed E-state index contributed by atoms with van der Waals surface area (Å²) in [4.78, 5) is 13.0. The first-order valence-electron chi connectivity index (χ1n) is 9.24. The molecular formula is C25H22O. The number of fused-ring (bicyclic) bond motifs is 2. The topological polar surface area (TPSA) is 17.1 Å². The zero-order chi connectivity index (χ0) is 18.1. The van der Waals surface area contributed by atoms with Gasteiger partial charge in [-0.3, -0.25) is 4.79 Å². The summed E-state index contributed by atoms with van der Waals surface area (Å²) in [5.74, 6) is 0.232. The number of rotatable bonds is 4. The van der Waals surface area contributed by atoms with Crippen LogP contribution in [0.3, 0.4) is 0 Å². The molecule has 0 saturated heterocycles. The Bertz CT molecular complexity index is 1050. The van der Waals surface area contributed by atoms with Crippen LogP contribution in [-0.2, 0) is 0 Å². The lowest BCUT2D eigenvalue weighted by Crippen LogP contribution is -2.02. The van der Waals surface area contributed by atoms with Gasteiger partial charge in [-0.2, -0.15) is 0 Å². The van der Waals surface area contributed by atoms with Gasteiger partial charge >= 0.3 is 0 Å². The predicted octanol–water partition coefficient (Wildman–Crippen LogP) is 6.95. The number of ketones is 1. The van der Waals surface area contributed by atoms with Crippen molar-refractivity contribution in [1.82, 2.24) is 0 Å². The van der Waals surface area contributed by atoms with Gasteiger partial charge in [0.1, 0.15) is 0 Å². The van der Waals surface area contributed by atoms with Gasteiger partial charge in [-0.25, -0.2) is 0 Å². The maximum Gasteiger partial charge on any atom is 0.164 e. The van der Waals surface area contributed by atoms with E-state index in [-0.39, 0.29) is 5.78 Å². The van der Waals surface area contributed by atoms with Gasteiger partial charge in [0.05, 0.1) is 0 Å². The van der Waals surface area contributed by atoms with Crippen molar-refractivity contribution in [3.05, 3.63) is 83.9 Å². The average Bonchev–Trinajstić information content (AvgIpc) is 2.67. The molecular weight excluding hydrogens is 316 g/mol. The second kappa shape index (κ2) is 6.76. The van der Waals surface area contributed by atoms with E-state index in [1.807, 2.05) is 12.1 Å². The Morgan fingerprint density at radius 1 is 0.731 bits per heavy atom. The Kier molecular flexibility index (Phi) is 4.30. The van der Waals surface area contributed by atoms with E-state index in [1.54, 1.807) is 0 Å². The van der Waals surface area contributed by atoms with Crippen molar-refractivity contribution >= 4 is 27.3 Å². The molecule has 1 heteroatoms. The lowest BCUT2D eigenvalue weighted by Gasteiger charge is -2.16.